The van der Waals surface area contributed by atoms with Gasteiger partial charge in [-0.3, -0.25) is 0 Å². The summed E-state index contributed by atoms with van der Waals surface area (Å²) in [5.74, 6) is 1.54. The Balaban J connectivity index is 2.24. The minimum Gasteiger partial charge on any atom is -0.355 e. The van der Waals surface area contributed by atoms with Crippen molar-refractivity contribution in [3.8, 4) is 0 Å². The maximum atomic E-state index is 5.82. The van der Waals surface area contributed by atoms with Crippen LogP contribution < -0.4 is 10.6 Å². The lowest BCUT2D eigenvalue weighted by Crippen LogP contribution is -2.29. The van der Waals surface area contributed by atoms with Gasteiger partial charge in [0.15, 0.2) is 0 Å². The van der Waals surface area contributed by atoms with Gasteiger partial charge in [-0.15, -0.1) is 0 Å². The van der Waals surface area contributed by atoms with Crippen LogP contribution in [0.4, 0.5) is 5.82 Å². The number of pyridine rings is 1. The zero-order valence-corrected chi connectivity index (χ0v) is 12.4. The van der Waals surface area contributed by atoms with E-state index in [0.717, 1.165) is 31.1 Å². The molecular weight excluding hydrogens is 236 g/mol. The van der Waals surface area contributed by atoms with E-state index in [9.17, 15) is 0 Å². The highest BCUT2D eigenvalue weighted by Gasteiger charge is 2.15. The van der Waals surface area contributed by atoms with Crippen LogP contribution in [0.25, 0.3) is 0 Å². The highest BCUT2D eigenvalue weighted by atomic mass is 15.2. The van der Waals surface area contributed by atoms with Crippen molar-refractivity contribution in [1.82, 2.24) is 9.88 Å². The molecule has 19 heavy (non-hydrogen) atoms. The van der Waals surface area contributed by atoms with Crippen molar-refractivity contribution in [3.05, 3.63) is 23.4 Å². The van der Waals surface area contributed by atoms with Crippen LogP contribution in [0, 0.1) is 0 Å². The van der Waals surface area contributed by atoms with Gasteiger partial charge in [0, 0.05) is 31.9 Å². The molecule has 0 bridgehead atoms. The molecule has 1 aliphatic rings. The van der Waals surface area contributed by atoms with Crippen molar-refractivity contribution in [2.24, 2.45) is 5.73 Å². The molecule has 1 aromatic heterocycles. The van der Waals surface area contributed by atoms with E-state index in [2.05, 4.69) is 42.8 Å². The quantitative estimate of drug-likeness (QED) is 0.902. The van der Waals surface area contributed by atoms with E-state index in [-0.39, 0.29) is 0 Å². The molecule has 1 aromatic rings. The van der Waals surface area contributed by atoms with Crippen molar-refractivity contribution in [1.29, 1.82) is 0 Å². The van der Waals surface area contributed by atoms with Gasteiger partial charge in [-0.25, -0.2) is 4.98 Å². The smallest absolute Gasteiger partial charge is 0.129 e. The Morgan fingerprint density at radius 3 is 2.68 bits per heavy atom. The number of hydrogen-bond acceptors (Lipinski definition) is 4. The average molecular weight is 262 g/mol. The summed E-state index contributed by atoms with van der Waals surface area (Å²) < 4.78 is 0. The molecule has 4 heteroatoms. The van der Waals surface area contributed by atoms with E-state index in [1.54, 1.807) is 0 Å². The van der Waals surface area contributed by atoms with E-state index in [1.807, 2.05) is 0 Å². The Morgan fingerprint density at radius 2 is 2.00 bits per heavy atom. The lowest BCUT2D eigenvalue weighted by molar-refractivity contribution is 0.360. The molecule has 4 nitrogen and oxygen atoms in total. The fourth-order valence-electron chi connectivity index (χ4n) is 2.45. The van der Waals surface area contributed by atoms with Crippen LogP contribution in [0.2, 0.25) is 0 Å². The van der Waals surface area contributed by atoms with Gasteiger partial charge < -0.3 is 15.5 Å². The summed E-state index contributed by atoms with van der Waals surface area (Å²) in [6, 6.07) is 4.29. The number of likely N-dealkylation sites (N-methyl/N-ethyl adjacent to an activating group) is 1. The predicted octanol–water partition coefficient (Wildman–Crippen LogP) is 1.81. The molecule has 0 unspecified atom stereocenters. The third-order valence-electron chi connectivity index (χ3n) is 3.76. The lowest BCUT2D eigenvalue weighted by Gasteiger charge is -2.23. The molecule has 0 aliphatic carbocycles. The number of rotatable bonds is 3. The fraction of sp³-hybridized carbons (Fsp3) is 0.667. The molecular formula is C15H26N4. The second-order valence-corrected chi connectivity index (χ2v) is 5.76. The van der Waals surface area contributed by atoms with E-state index in [4.69, 9.17) is 10.7 Å². The van der Waals surface area contributed by atoms with Gasteiger partial charge in [0.1, 0.15) is 5.82 Å². The first-order valence-corrected chi connectivity index (χ1v) is 7.24. The van der Waals surface area contributed by atoms with Gasteiger partial charge in [-0.2, -0.15) is 0 Å². The normalized spacial score (nSPS) is 17.8. The first kappa shape index (κ1) is 14.3. The molecule has 2 heterocycles. The third kappa shape index (κ3) is 3.67. The van der Waals surface area contributed by atoms with Crippen LogP contribution >= 0.6 is 0 Å². The molecule has 0 aromatic carbocycles. The largest absolute Gasteiger partial charge is 0.355 e. The van der Waals surface area contributed by atoms with Gasteiger partial charge in [0.2, 0.25) is 0 Å². The third-order valence-corrected chi connectivity index (χ3v) is 3.76. The number of aromatic nitrogens is 1. The van der Waals surface area contributed by atoms with Crippen molar-refractivity contribution in [2.75, 3.05) is 38.1 Å². The Morgan fingerprint density at radius 1 is 1.21 bits per heavy atom. The standard InChI is InChI=1S/C15H26N4/c1-12(2)14-9-13(11-16)10-15(17-14)19-6-4-5-18(3)7-8-19/h9-10,12H,4-8,11,16H2,1-3H3. The molecule has 1 aliphatic heterocycles. The molecule has 2 rings (SSSR count). The van der Waals surface area contributed by atoms with E-state index < -0.39 is 0 Å². The predicted molar refractivity (Wildman–Crippen MR) is 80.5 cm³/mol. The lowest BCUT2D eigenvalue weighted by atomic mass is 10.1. The Kier molecular flexibility index (Phi) is 4.77. The number of anilines is 1. The summed E-state index contributed by atoms with van der Waals surface area (Å²) in [4.78, 5) is 9.61. The van der Waals surface area contributed by atoms with E-state index >= 15 is 0 Å². The van der Waals surface area contributed by atoms with Gasteiger partial charge in [0.05, 0.1) is 0 Å². The van der Waals surface area contributed by atoms with Gasteiger partial charge in [-0.05, 0) is 43.6 Å². The highest BCUT2D eigenvalue weighted by Crippen LogP contribution is 2.21. The van der Waals surface area contributed by atoms with Crippen LogP contribution in [0.15, 0.2) is 12.1 Å². The summed E-state index contributed by atoms with van der Waals surface area (Å²) >= 11 is 0. The van der Waals surface area contributed by atoms with Gasteiger partial charge in [0.25, 0.3) is 0 Å². The second-order valence-electron chi connectivity index (χ2n) is 5.76. The van der Waals surface area contributed by atoms with Crippen molar-refractivity contribution in [2.45, 2.75) is 32.7 Å². The zero-order chi connectivity index (χ0) is 13.8. The maximum absolute atomic E-state index is 5.82. The molecule has 1 saturated heterocycles. The van der Waals surface area contributed by atoms with Crippen LogP contribution in [0.1, 0.15) is 37.4 Å². The molecule has 0 radical (unpaired) electrons. The van der Waals surface area contributed by atoms with Gasteiger partial charge >= 0.3 is 0 Å². The fourth-order valence-corrected chi connectivity index (χ4v) is 2.45. The summed E-state index contributed by atoms with van der Waals surface area (Å²) in [6.07, 6.45) is 1.20. The zero-order valence-electron chi connectivity index (χ0n) is 12.4. The molecule has 0 spiro atoms. The molecule has 0 amide bonds. The molecule has 0 atom stereocenters. The summed E-state index contributed by atoms with van der Waals surface area (Å²) in [5, 5.41) is 0. The summed E-state index contributed by atoms with van der Waals surface area (Å²) in [7, 11) is 2.19. The maximum Gasteiger partial charge on any atom is 0.129 e. The average Bonchev–Trinajstić information content (AvgIpc) is 2.63. The van der Waals surface area contributed by atoms with Gasteiger partial charge in [-0.1, -0.05) is 13.8 Å². The Hall–Kier alpha value is -1.13. The molecule has 2 N–H and O–H groups in total. The highest BCUT2D eigenvalue weighted by molar-refractivity contribution is 5.43. The Labute approximate surface area is 116 Å². The van der Waals surface area contributed by atoms with Crippen LogP contribution in [-0.4, -0.2) is 43.1 Å². The summed E-state index contributed by atoms with van der Waals surface area (Å²) in [5.41, 5.74) is 8.15. The first-order chi connectivity index (χ1) is 9.10. The monoisotopic (exact) mass is 262 g/mol. The minimum absolute atomic E-state index is 0.444. The SMILES string of the molecule is CC(C)c1cc(CN)cc(N2CCCN(C)CC2)n1. The van der Waals surface area contributed by atoms with Crippen LogP contribution in [0.3, 0.4) is 0 Å². The topological polar surface area (TPSA) is 45.4 Å². The van der Waals surface area contributed by atoms with Crippen molar-refractivity contribution in [3.63, 3.8) is 0 Å². The van der Waals surface area contributed by atoms with Crippen molar-refractivity contribution >= 4 is 5.82 Å². The van der Waals surface area contributed by atoms with Crippen LogP contribution in [0.5, 0.6) is 0 Å². The first-order valence-electron chi connectivity index (χ1n) is 7.24. The summed E-state index contributed by atoms with van der Waals surface area (Å²) in [6.45, 7) is 9.36. The van der Waals surface area contributed by atoms with E-state index in [1.165, 1.54) is 18.5 Å². The number of nitrogens with two attached hydrogens (primary N) is 1. The number of hydrogen-bond donors (Lipinski definition) is 1. The molecule has 0 saturated carbocycles. The van der Waals surface area contributed by atoms with E-state index in [0.29, 0.717) is 12.5 Å². The molecule has 1 fully saturated rings. The minimum atomic E-state index is 0.444. The van der Waals surface area contributed by atoms with Crippen molar-refractivity contribution < 1.29 is 0 Å². The second kappa shape index (κ2) is 6.35. The Bertz CT molecular complexity index is 417. The molecule has 106 valence electrons. The number of nitrogens with zero attached hydrogens (tertiary/aromatic N) is 3. The van der Waals surface area contributed by atoms with Crippen LogP contribution in [-0.2, 0) is 6.54 Å².